The Balaban J connectivity index is 1.65. The molecule has 0 unspecified atom stereocenters. The molecule has 0 saturated heterocycles. The summed E-state index contributed by atoms with van der Waals surface area (Å²) < 4.78 is 1.87. The summed E-state index contributed by atoms with van der Waals surface area (Å²) >= 11 is 0. The third kappa shape index (κ3) is 3.01. The van der Waals surface area contributed by atoms with Crippen LogP contribution in [0.2, 0.25) is 0 Å². The number of aromatic hydroxyl groups is 1. The van der Waals surface area contributed by atoms with Crippen LogP contribution in [0.4, 0.5) is 5.95 Å². The van der Waals surface area contributed by atoms with E-state index in [1.807, 2.05) is 34.9 Å². The zero-order chi connectivity index (χ0) is 17.2. The predicted molar refractivity (Wildman–Crippen MR) is 96.8 cm³/mol. The smallest absolute Gasteiger partial charge is 0.225 e. The highest BCUT2D eigenvalue weighted by Gasteiger charge is 2.10. The molecule has 6 nitrogen and oxygen atoms in total. The van der Waals surface area contributed by atoms with Crippen LogP contribution in [0, 0.1) is 0 Å². The van der Waals surface area contributed by atoms with Crippen LogP contribution in [-0.2, 0) is 0 Å². The van der Waals surface area contributed by atoms with Crippen molar-refractivity contribution in [3.05, 3.63) is 72.7 Å². The molecule has 0 bridgehead atoms. The number of hydrogen-bond acceptors (Lipinski definition) is 5. The van der Waals surface area contributed by atoms with E-state index < -0.39 is 0 Å². The summed E-state index contributed by atoms with van der Waals surface area (Å²) in [7, 11) is 0. The van der Waals surface area contributed by atoms with Crippen molar-refractivity contribution >= 4 is 17.0 Å². The first kappa shape index (κ1) is 15.1. The zero-order valence-electron chi connectivity index (χ0n) is 13.7. The highest BCUT2D eigenvalue weighted by atomic mass is 16.3. The monoisotopic (exact) mass is 331 g/mol. The van der Waals surface area contributed by atoms with Crippen LogP contribution in [-0.4, -0.2) is 24.6 Å². The van der Waals surface area contributed by atoms with E-state index in [0.29, 0.717) is 17.3 Å². The molecule has 2 N–H and O–H groups in total. The van der Waals surface area contributed by atoms with E-state index in [1.54, 1.807) is 24.7 Å². The zero-order valence-corrected chi connectivity index (χ0v) is 13.7. The third-order valence-corrected chi connectivity index (χ3v) is 4.06. The third-order valence-electron chi connectivity index (χ3n) is 4.06. The fraction of sp³-hybridized carbons (Fsp3) is 0.105. The molecule has 2 heterocycles. The van der Waals surface area contributed by atoms with Gasteiger partial charge in [-0.25, -0.2) is 9.97 Å². The van der Waals surface area contributed by atoms with Crippen molar-refractivity contribution in [3.8, 4) is 11.6 Å². The summed E-state index contributed by atoms with van der Waals surface area (Å²) in [6, 6.07) is 17.2. The molecule has 0 radical (unpaired) electrons. The average Bonchev–Trinajstić information content (AvgIpc) is 3.05. The van der Waals surface area contributed by atoms with E-state index in [0.717, 1.165) is 5.52 Å². The number of aromatic nitrogens is 4. The molecule has 2 aromatic heterocycles. The minimum atomic E-state index is 0.0907. The van der Waals surface area contributed by atoms with Gasteiger partial charge < -0.3 is 10.4 Å². The Bertz CT molecular complexity index is 1010. The van der Waals surface area contributed by atoms with Crippen molar-refractivity contribution in [2.75, 3.05) is 5.32 Å². The molecule has 2 aromatic carbocycles. The van der Waals surface area contributed by atoms with Crippen LogP contribution in [0.3, 0.4) is 0 Å². The van der Waals surface area contributed by atoms with Gasteiger partial charge in [0.1, 0.15) is 17.9 Å². The number of rotatable bonds is 4. The van der Waals surface area contributed by atoms with Gasteiger partial charge in [-0.1, -0.05) is 30.3 Å². The van der Waals surface area contributed by atoms with Gasteiger partial charge in [-0.15, -0.1) is 0 Å². The Morgan fingerprint density at radius 3 is 2.72 bits per heavy atom. The molecule has 4 rings (SSSR count). The first-order valence-electron chi connectivity index (χ1n) is 8.02. The number of hydrogen-bond donors (Lipinski definition) is 2. The fourth-order valence-corrected chi connectivity index (χ4v) is 2.76. The summed E-state index contributed by atoms with van der Waals surface area (Å²) in [6.45, 7) is 2.07. The van der Waals surface area contributed by atoms with E-state index in [4.69, 9.17) is 0 Å². The molecule has 0 saturated carbocycles. The number of phenols is 1. The number of nitrogens with zero attached hydrogens (tertiary/aromatic N) is 4. The number of phenolic OH excluding ortho intramolecular Hbond substituents is 1. The SMILES string of the molecule is C[C@H](Nc1nccc(-n2cnc3cc(O)ccc32)n1)c1ccccc1. The lowest BCUT2D eigenvalue weighted by Gasteiger charge is -2.14. The van der Waals surface area contributed by atoms with Crippen LogP contribution >= 0.6 is 0 Å². The maximum Gasteiger partial charge on any atom is 0.225 e. The van der Waals surface area contributed by atoms with E-state index >= 15 is 0 Å². The summed E-state index contributed by atoms with van der Waals surface area (Å²) in [4.78, 5) is 13.2. The molecular formula is C19H17N5O. The van der Waals surface area contributed by atoms with Crippen molar-refractivity contribution in [2.45, 2.75) is 13.0 Å². The molecule has 0 aliphatic heterocycles. The van der Waals surface area contributed by atoms with Crippen LogP contribution in [0.5, 0.6) is 5.75 Å². The highest BCUT2D eigenvalue weighted by molar-refractivity contribution is 5.78. The molecule has 25 heavy (non-hydrogen) atoms. The first-order valence-corrected chi connectivity index (χ1v) is 8.02. The van der Waals surface area contributed by atoms with Crippen LogP contribution in [0.25, 0.3) is 16.9 Å². The lowest BCUT2D eigenvalue weighted by Crippen LogP contribution is -2.10. The summed E-state index contributed by atoms with van der Waals surface area (Å²) in [5.74, 6) is 1.46. The molecule has 1 atom stereocenters. The standard InChI is InChI=1S/C19H17N5O/c1-13(14-5-3-2-4-6-14)22-19-20-10-9-18(23-19)24-12-21-16-11-15(25)7-8-17(16)24/h2-13,25H,1H3,(H,20,22,23)/t13-/m0/s1. The Kier molecular flexibility index (Phi) is 3.78. The van der Waals surface area contributed by atoms with Crippen LogP contribution in [0.1, 0.15) is 18.5 Å². The number of imidazole rings is 1. The van der Waals surface area contributed by atoms with Gasteiger partial charge in [0, 0.05) is 12.3 Å². The maximum atomic E-state index is 9.58. The van der Waals surface area contributed by atoms with Crippen molar-refractivity contribution in [1.82, 2.24) is 19.5 Å². The predicted octanol–water partition coefficient (Wildman–Crippen LogP) is 3.69. The Morgan fingerprint density at radius 1 is 1.04 bits per heavy atom. The van der Waals surface area contributed by atoms with Crippen LogP contribution in [0.15, 0.2) is 67.1 Å². The van der Waals surface area contributed by atoms with E-state index in [2.05, 4.69) is 39.3 Å². The van der Waals surface area contributed by atoms with Gasteiger partial charge in [-0.2, -0.15) is 4.98 Å². The molecule has 0 fully saturated rings. The van der Waals surface area contributed by atoms with Gasteiger partial charge in [-0.05, 0) is 30.7 Å². The molecular weight excluding hydrogens is 314 g/mol. The Morgan fingerprint density at radius 2 is 1.88 bits per heavy atom. The summed E-state index contributed by atoms with van der Waals surface area (Å²) in [5.41, 5.74) is 2.75. The quantitative estimate of drug-likeness (QED) is 0.596. The highest BCUT2D eigenvalue weighted by Crippen LogP contribution is 2.22. The van der Waals surface area contributed by atoms with Gasteiger partial charge in [0.2, 0.25) is 5.95 Å². The van der Waals surface area contributed by atoms with E-state index in [1.165, 1.54) is 5.56 Å². The number of anilines is 1. The number of nitrogens with one attached hydrogen (secondary N) is 1. The second-order valence-electron chi connectivity index (χ2n) is 5.80. The van der Waals surface area contributed by atoms with Crippen molar-refractivity contribution in [3.63, 3.8) is 0 Å². The summed E-state index contributed by atoms with van der Waals surface area (Å²) in [5, 5.41) is 12.9. The topological polar surface area (TPSA) is 75.9 Å². The van der Waals surface area contributed by atoms with Crippen molar-refractivity contribution in [1.29, 1.82) is 0 Å². The average molecular weight is 331 g/mol. The van der Waals surface area contributed by atoms with Crippen molar-refractivity contribution in [2.24, 2.45) is 0 Å². The minimum absolute atomic E-state index is 0.0907. The van der Waals surface area contributed by atoms with Gasteiger partial charge in [-0.3, -0.25) is 4.57 Å². The molecule has 4 aromatic rings. The maximum absolute atomic E-state index is 9.58. The van der Waals surface area contributed by atoms with Gasteiger partial charge in [0.05, 0.1) is 17.1 Å². The fourth-order valence-electron chi connectivity index (χ4n) is 2.76. The molecule has 0 aliphatic carbocycles. The Hall–Kier alpha value is -3.41. The van der Waals surface area contributed by atoms with Crippen LogP contribution < -0.4 is 5.32 Å². The second kappa shape index (κ2) is 6.24. The van der Waals surface area contributed by atoms with Gasteiger partial charge in [0.15, 0.2) is 0 Å². The number of fused-ring (bicyclic) bond motifs is 1. The second-order valence-corrected chi connectivity index (χ2v) is 5.80. The molecule has 0 aliphatic rings. The minimum Gasteiger partial charge on any atom is -0.508 e. The molecule has 0 spiro atoms. The van der Waals surface area contributed by atoms with Gasteiger partial charge >= 0.3 is 0 Å². The molecule has 0 amide bonds. The normalized spacial score (nSPS) is 12.2. The lowest BCUT2D eigenvalue weighted by molar-refractivity contribution is 0.476. The van der Waals surface area contributed by atoms with Crippen molar-refractivity contribution < 1.29 is 5.11 Å². The number of benzene rings is 2. The largest absolute Gasteiger partial charge is 0.508 e. The first-order chi connectivity index (χ1) is 12.2. The van der Waals surface area contributed by atoms with E-state index in [9.17, 15) is 5.11 Å². The van der Waals surface area contributed by atoms with E-state index in [-0.39, 0.29) is 11.8 Å². The lowest BCUT2D eigenvalue weighted by atomic mass is 10.1. The molecule has 6 heteroatoms. The van der Waals surface area contributed by atoms with Gasteiger partial charge in [0.25, 0.3) is 0 Å². The summed E-state index contributed by atoms with van der Waals surface area (Å²) in [6.07, 6.45) is 3.41. The Labute approximate surface area is 144 Å². The molecule has 124 valence electrons.